The van der Waals surface area contributed by atoms with Crippen molar-refractivity contribution in [1.82, 2.24) is 10.4 Å². The molecule has 82 valence electrons. The number of nitrogens with two attached hydrogens (primary N) is 1. The molecule has 0 bridgehead atoms. The number of nitrogens with zero attached hydrogens (tertiary/aromatic N) is 2. The van der Waals surface area contributed by atoms with Gasteiger partial charge in [-0.1, -0.05) is 6.07 Å². The van der Waals surface area contributed by atoms with Crippen molar-refractivity contribution in [1.29, 1.82) is 0 Å². The lowest BCUT2D eigenvalue weighted by atomic mass is 10.1. The Morgan fingerprint density at radius 2 is 2.31 bits per heavy atom. The van der Waals surface area contributed by atoms with Crippen molar-refractivity contribution in [3.63, 3.8) is 0 Å². The predicted octanol–water partition coefficient (Wildman–Crippen LogP) is 1.46. The van der Waals surface area contributed by atoms with Crippen LogP contribution in [0.5, 0.6) is 0 Å². The van der Waals surface area contributed by atoms with Gasteiger partial charge in [0.1, 0.15) is 5.84 Å². The Balaban J connectivity index is 2.50. The van der Waals surface area contributed by atoms with E-state index < -0.39 is 0 Å². The van der Waals surface area contributed by atoms with Crippen LogP contribution in [0.1, 0.15) is 12.5 Å². The SMILES string of the molecule is CCN=C(NN)c1ccc2ncccc2c1. The fourth-order valence-electron chi connectivity index (χ4n) is 1.60. The summed E-state index contributed by atoms with van der Waals surface area (Å²) in [5.41, 5.74) is 4.56. The molecule has 16 heavy (non-hydrogen) atoms. The summed E-state index contributed by atoms with van der Waals surface area (Å²) in [6, 6.07) is 9.89. The number of nitrogens with one attached hydrogen (secondary N) is 1. The Labute approximate surface area is 94.2 Å². The van der Waals surface area contributed by atoms with Crippen LogP contribution in [-0.4, -0.2) is 17.4 Å². The van der Waals surface area contributed by atoms with Gasteiger partial charge < -0.3 is 5.43 Å². The van der Waals surface area contributed by atoms with Gasteiger partial charge in [0.05, 0.1) is 5.52 Å². The molecule has 0 aliphatic heterocycles. The molecule has 0 aliphatic rings. The molecule has 0 saturated carbocycles. The van der Waals surface area contributed by atoms with Crippen LogP contribution < -0.4 is 11.3 Å². The van der Waals surface area contributed by atoms with Crippen molar-refractivity contribution in [2.45, 2.75) is 6.92 Å². The van der Waals surface area contributed by atoms with E-state index in [0.717, 1.165) is 16.5 Å². The first-order valence-corrected chi connectivity index (χ1v) is 5.21. The molecule has 1 heterocycles. The number of fused-ring (bicyclic) bond motifs is 1. The van der Waals surface area contributed by atoms with Gasteiger partial charge in [0.2, 0.25) is 0 Å². The van der Waals surface area contributed by atoms with Crippen LogP contribution >= 0.6 is 0 Å². The summed E-state index contributed by atoms with van der Waals surface area (Å²) in [5, 5.41) is 1.08. The molecule has 0 aliphatic carbocycles. The second-order valence-corrected chi connectivity index (χ2v) is 3.38. The fraction of sp³-hybridized carbons (Fsp3) is 0.167. The fourth-order valence-corrected chi connectivity index (χ4v) is 1.60. The Morgan fingerprint density at radius 1 is 1.44 bits per heavy atom. The Kier molecular flexibility index (Phi) is 3.12. The molecule has 0 unspecified atom stereocenters. The van der Waals surface area contributed by atoms with Crippen LogP contribution in [0.4, 0.5) is 0 Å². The van der Waals surface area contributed by atoms with E-state index in [1.165, 1.54) is 0 Å². The number of rotatable bonds is 2. The van der Waals surface area contributed by atoms with Crippen molar-refractivity contribution in [3.8, 4) is 0 Å². The van der Waals surface area contributed by atoms with Crippen molar-refractivity contribution >= 4 is 16.7 Å². The summed E-state index contributed by atoms with van der Waals surface area (Å²) in [4.78, 5) is 8.54. The third-order valence-corrected chi connectivity index (χ3v) is 2.33. The summed E-state index contributed by atoms with van der Waals surface area (Å²) in [6.07, 6.45) is 1.78. The molecule has 0 atom stereocenters. The van der Waals surface area contributed by atoms with E-state index >= 15 is 0 Å². The van der Waals surface area contributed by atoms with Gasteiger partial charge in [-0.05, 0) is 31.2 Å². The van der Waals surface area contributed by atoms with Crippen LogP contribution in [0, 0.1) is 0 Å². The van der Waals surface area contributed by atoms with Crippen molar-refractivity contribution in [2.75, 3.05) is 6.54 Å². The number of hydrazine groups is 1. The number of benzene rings is 1. The van der Waals surface area contributed by atoms with Gasteiger partial charge in [0, 0.05) is 23.7 Å². The average molecular weight is 214 g/mol. The van der Waals surface area contributed by atoms with Gasteiger partial charge in [-0.25, -0.2) is 5.84 Å². The second kappa shape index (κ2) is 4.72. The van der Waals surface area contributed by atoms with Crippen LogP contribution in [-0.2, 0) is 0 Å². The maximum Gasteiger partial charge on any atom is 0.142 e. The van der Waals surface area contributed by atoms with E-state index in [0.29, 0.717) is 12.4 Å². The molecule has 0 saturated heterocycles. The standard InChI is InChI=1S/C12H14N4/c1-2-14-12(16-13)10-5-6-11-9(8-10)4-3-7-15-11/h3-8H,2,13H2,1H3,(H,14,16). The highest BCUT2D eigenvalue weighted by molar-refractivity contribution is 6.01. The molecule has 1 aromatic heterocycles. The van der Waals surface area contributed by atoms with Gasteiger partial charge in [-0.2, -0.15) is 0 Å². The van der Waals surface area contributed by atoms with E-state index in [-0.39, 0.29) is 0 Å². The van der Waals surface area contributed by atoms with E-state index in [9.17, 15) is 0 Å². The van der Waals surface area contributed by atoms with E-state index in [1.54, 1.807) is 6.20 Å². The molecule has 0 spiro atoms. The number of aliphatic imine (C=N–C) groups is 1. The molecule has 0 fully saturated rings. The molecular formula is C12H14N4. The zero-order valence-electron chi connectivity index (χ0n) is 9.14. The maximum atomic E-state index is 5.44. The Morgan fingerprint density at radius 3 is 3.06 bits per heavy atom. The number of pyridine rings is 1. The average Bonchev–Trinajstić information content (AvgIpc) is 2.35. The minimum absolute atomic E-state index is 0.699. The third kappa shape index (κ3) is 2.01. The zero-order chi connectivity index (χ0) is 11.4. The highest BCUT2D eigenvalue weighted by atomic mass is 15.2. The molecule has 0 amide bonds. The summed E-state index contributed by atoms with van der Waals surface area (Å²) >= 11 is 0. The first-order valence-electron chi connectivity index (χ1n) is 5.21. The first-order chi connectivity index (χ1) is 7.85. The number of amidine groups is 1. The third-order valence-electron chi connectivity index (χ3n) is 2.33. The molecule has 3 N–H and O–H groups in total. The molecule has 0 radical (unpaired) electrons. The monoisotopic (exact) mass is 214 g/mol. The summed E-state index contributed by atoms with van der Waals surface area (Å²) in [6.45, 7) is 2.67. The smallest absolute Gasteiger partial charge is 0.142 e. The van der Waals surface area contributed by atoms with Crippen molar-refractivity contribution in [3.05, 3.63) is 42.1 Å². The summed E-state index contributed by atoms with van der Waals surface area (Å²) in [7, 11) is 0. The zero-order valence-corrected chi connectivity index (χ0v) is 9.14. The molecule has 1 aromatic carbocycles. The molecular weight excluding hydrogens is 200 g/mol. The van der Waals surface area contributed by atoms with Gasteiger partial charge in [0.25, 0.3) is 0 Å². The van der Waals surface area contributed by atoms with E-state index in [4.69, 9.17) is 5.84 Å². The molecule has 2 rings (SSSR count). The number of hydrogen-bond acceptors (Lipinski definition) is 3. The van der Waals surface area contributed by atoms with Crippen molar-refractivity contribution in [2.24, 2.45) is 10.8 Å². The topological polar surface area (TPSA) is 63.3 Å². The lowest BCUT2D eigenvalue weighted by molar-refractivity contribution is 0.992. The van der Waals surface area contributed by atoms with Crippen LogP contribution in [0.2, 0.25) is 0 Å². The quantitative estimate of drug-likeness (QED) is 0.344. The van der Waals surface area contributed by atoms with Gasteiger partial charge in [0.15, 0.2) is 0 Å². The summed E-state index contributed by atoms with van der Waals surface area (Å²) < 4.78 is 0. The Bertz CT molecular complexity index is 519. The van der Waals surface area contributed by atoms with Crippen molar-refractivity contribution < 1.29 is 0 Å². The maximum absolute atomic E-state index is 5.44. The largest absolute Gasteiger partial charge is 0.308 e. The van der Waals surface area contributed by atoms with Gasteiger partial charge in [-0.15, -0.1) is 0 Å². The van der Waals surface area contributed by atoms with Crippen LogP contribution in [0.3, 0.4) is 0 Å². The normalized spacial score (nSPS) is 11.8. The van der Waals surface area contributed by atoms with E-state index in [1.807, 2.05) is 37.3 Å². The number of hydrogen-bond donors (Lipinski definition) is 2. The highest BCUT2D eigenvalue weighted by Crippen LogP contribution is 2.13. The molecule has 2 aromatic rings. The molecule has 4 heteroatoms. The summed E-state index contributed by atoms with van der Waals surface area (Å²) in [5.74, 6) is 6.14. The van der Waals surface area contributed by atoms with Gasteiger partial charge >= 0.3 is 0 Å². The minimum atomic E-state index is 0.699. The van der Waals surface area contributed by atoms with Gasteiger partial charge in [-0.3, -0.25) is 9.98 Å². The highest BCUT2D eigenvalue weighted by Gasteiger charge is 2.02. The first kappa shape index (κ1) is 10.6. The predicted molar refractivity (Wildman–Crippen MR) is 66.1 cm³/mol. The minimum Gasteiger partial charge on any atom is -0.308 e. The van der Waals surface area contributed by atoms with Crippen LogP contribution in [0.25, 0.3) is 10.9 Å². The van der Waals surface area contributed by atoms with Crippen LogP contribution in [0.15, 0.2) is 41.5 Å². The lowest BCUT2D eigenvalue weighted by Crippen LogP contribution is -2.31. The lowest BCUT2D eigenvalue weighted by Gasteiger charge is -2.06. The second-order valence-electron chi connectivity index (χ2n) is 3.38. The number of aromatic nitrogens is 1. The Hall–Kier alpha value is -1.94. The van der Waals surface area contributed by atoms with E-state index in [2.05, 4.69) is 15.4 Å². The molecule has 4 nitrogen and oxygen atoms in total.